The van der Waals surface area contributed by atoms with E-state index < -0.39 is 72.0 Å². The molecule has 0 aromatic carbocycles. The van der Waals surface area contributed by atoms with Crippen molar-refractivity contribution < 1.29 is 48.7 Å². The molecule has 0 aromatic heterocycles. The Balaban J connectivity index is 1.60. The molecule has 4 aliphatic rings. The standard InChI is InChI=1S/C30H41ClO10/c1-15(2)19-5-7-29(37,13-31)23-22(19)10-18(12-40-27(23)35)26(34)41-14-30(38)8-6-20(16(3)4)21-9-17(25(32)33)11-39-28(36)24(21)30/h9-10,15-16,19-24,37-38H,5-8,11-14H2,1-4H3,(H,32,33)/t19-,20-,21-,22-,23-,24-,29-,30-/m1/s1. The summed E-state index contributed by atoms with van der Waals surface area (Å²) >= 11 is 6.10. The Morgan fingerprint density at radius 1 is 0.902 bits per heavy atom. The van der Waals surface area contributed by atoms with Crippen molar-refractivity contribution in [2.75, 3.05) is 25.7 Å². The van der Waals surface area contributed by atoms with E-state index in [1.54, 1.807) is 6.08 Å². The second-order valence-corrected chi connectivity index (χ2v) is 13.1. The molecule has 0 saturated heterocycles. The minimum Gasteiger partial charge on any atom is -0.478 e. The molecule has 8 atom stereocenters. The van der Waals surface area contributed by atoms with Crippen LogP contribution in [0.15, 0.2) is 23.3 Å². The van der Waals surface area contributed by atoms with Crippen LogP contribution in [0.25, 0.3) is 0 Å². The van der Waals surface area contributed by atoms with Gasteiger partial charge < -0.3 is 29.5 Å². The molecular formula is C30H41ClO10. The largest absolute Gasteiger partial charge is 0.478 e. The number of rotatable bonds is 7. The Bertz CT molecular complexity index is 1130. The van der Waals surface area contributed by atoms with E-state index in [9.17, 15) is 34.5 Å². The van der Waals surface area contributed by atoms with Crippen LogP contribution in [0, 0.1) is 47.3 Å². The number of alkyl halides is 1. The number of carbonyl (C=O) groups is 4. The molecule has 2 aliphatic heterocycles. The Morgan fingerprint density at radius 2 is 1.37 bits per heavy atom. The van der Waals surface area contributed by atoms with Crippen LogP contribution in [0.2, 0.25) is 0 Å². The highest BCUT2D eigenvalue weighted by molar-refractivity contribution is 6.18. The van der Waals surface area contributed by atoms with Gasteiger partial charge in [0.1, 0.15) is 25.4 Å². The average molecular weight is 597 g/mol. The van der Waals surface area contributed by atoms with Crippen LogP contribution in [0.1, 0.15) is 53.4 Å². The zero-order chi connectivity index (χ0) is 30.3. The molecule has 0 spiro atoms. The van der Waals surface area contributed by atoms with Gasteiger partial charge in [-0.1, -0.05) is 39.8 Å². The highest BCUT2D eigenvalue weighted by Gasteiger charge is 2.56. The van der Waals surface area contributed by atoms with Crippen LogP contribution in [0.3, 0.4) is 0 Å². The third-order valence-electron chi connectivity index (χ3n) is 9.71. The minimum atomic E-state index is -1.79. The van der Waals surface area contributed by atoms with Gasteiger partial charge in [0, 0.05) is 0 Å². The van der Waals surface area contributed by atoms with Crippen LogP contribution in [-0.2, 0) is 33.4 Å². The van der Waals surface area contributed by atoms with Gasteiger partial charge in [-0.25, -0.2) is 9.59 Å². The van der Waals surface area contributed by atoms with Crippen LogP contribution in [-0.4, -0.2) is 76.1 Å². The summed E-state index contributed by atoms with van der Waals surface area (Å²) in [6.07, 6.45) is 4.73. The van der Waals surface area contributed by atoms with Crippen molar-refractivity contribution >= 4 is 35.5 Å². The maximum Gasteiger partial charge on any atom is 0.337 e. The molecule has 0 bridgehead atoms. The van der Waals surface area contributed by atoms with E-state index in [1.807, 2.05) is 27.7 Å². The lowest BCUT2D eigenvalue weighted by Gasteiger charge is -2.46. The highest BCUT2D eigenvalue weighted by atomic mass is 35.5. The molecular weight excluding hydrogens is 556 g/mol. The number of hydrogen-bond acceptors (Lipinski definition) is 9. The molecule has 0 aromatic rings. The fourth-order valence-corrected chi connectivity index (χ4v) is 7.68. The number of esters is 3. The Labute approximate surface area is 245 Å². The third-order valence-corrected chi connectivity index (χ3v) is 10.2. The van der Waals surface area contributed by atoms with E-state index in [2.05, 4.69) is 0 Å². The molecule has 4 rings (SSSR count). The molecule has 41 heavy (non-hydrogen) atoms. The van der Waals surface area contributed by atoms with Crippen molar-refractivity contribution in [2.24, 2.45) is 47.3 Å². The first-order chi connectivity index (χ1) is 19.2. The maximum absolute atomic E-state index is 13.4. The molecule has 3 N–H and O–H groups in total. The van der Waals surface area contributed by atoms with Gasteiger partial charge in [-0.05, 0) is 61.2 Å². The topological polar surface area (TPSA) is 157 Å². The zero-order valence-corrected chi connectivity index (χ0v) is 24.8. The van der Waals surface area contributed by atoms with E-state index in [4.69, 9.17) is 25.8 Å². The first-order valence-corrected chi connectivity index (χ1v) is 14.9. The molecule has 2 saturated carbocycles. The number of allylic oxidation sites excluding steroid dienone is 2. The van der Waals surface area contributed by atoms with Crippen molar-refractivity contribution in [3.63, 3.8) is 0 Å². The average Bonchev–Trinajstić information content (AvgIpc) is 3.20. The lowest BCUT2D eigenvalue weighted by Crippen LogP contribution is -2.55. The lowest BCUT2D eigenvalue weighted by atomic mass is 9.61. The summed E-state index contributed by atoms with van der Waals surface area (Å²) in [6, 6.07) is 0. The summed E-state index contributed by atoms with van der Waals surface area (Å²) in [7, 11) is 0. The van der Waals surface area contributed by atoms with Gasteiger partial charge >= 0.3 is 23.9 Å². The van der Waals surface area contributed by atoms with Crippen LogP contribution in [0.5, 0.6) is 0 Å². The summed E-state index contributed by atoms with van der Waals surface area (Å²) in [4.78, 5) is 51.3. The van der Waals surface area contributed by atoms with Crippen molar-refractivity contribution in [3.05, 3.63) is 23.3 Å². The number of carboxylic acid groups (broad SMARTS) is 1. The molecule has 228 valence electrons. The number of ether oxygens (including phenoxy) is 3. The lowest BCUT2D eigenvalue weighted by molar-refractivity contribution is -0.181. The smallest absolute Gasteiger partial charge is 0.337 e. The van der Waals surface area contributed by atoms with Crippen molar-refractivity contribution in [3.8, 4) is 0 Å². The van der Waals surface area contributed by atoms with Gasteiger partial charge in [0.2, 0.25) is 0 Å². The minimum absolute atomic E-state index is 0.0100. The van der Waals surface area contributed by atoms with Crippen LogP contribution >= 0.6 is 11.6 Å². The number of halogens is 1. The highest BCUT2D eigenvalue weighted by Crippen LogP contribution is 2.49. The van der Waals surface area contributed by atoms with Crippen LogP contribution in [0.4, 0.5) is 0 Å². The quantitative estimate of drug-likeness (QED) is 0.227. The van der Waals surface area contributed by atoms with E-state index in [-0.39, 0.29) is 53.7 Å². The molecule has 10 nitrogen and oxygen atoms in total. The molecule has 2 heterocycles. The first kappa shape index (κ1) is 31.5. The molecule has 2 aliphatic carbocycles. The number of carboxylic acids is 1. The number of aliphatic hydroxyl groups is 2. The van der Waals surface area contributed by atoms with Crippen molar-refractivity contribution in [1.29, 1.82) is 0 Å². The summed E-state index contributed by atoms with van der Waals surface area (Å²) in [6.45, 7) is 6.70. The number of carbonyl (C=O) groups excluding carboxylic acids is 3. The number of hydrogen-bond donors (Lipinski definition) is 3. The second-order valence-electron chi connectivity index (χ2n) is 12.8. The SMILES string of the molecule is CC(C)[C@H]1CC[C@@](O)(COC(=O)C2=C[C@@H]3[C@@H](C(C)C)CC[C@@](O)(CCl)[C@H]3C(=O)OC2)[C@H]2C(=O)OCC(C(=O)O)=C[C@H]12. The second kappa shape index (κ2) is 12.1. The first-order valence-electron chi connectivity index (χ1n) is 14.4. The molecule has 0 amide bonds. The van der Waals surface area contributed by atoms with Gasteiger partial charge in [0.05, 0.1) is 34.5 Å². The predicted octanol–water partition coefficient (Wildman–Crippen LogP) is 2.88. The Morgan fingerprint density at radius 3 is 1.85 bits per heavy atom. The van der Waals surface area contributed by atoms with E-state index in [1.165, 1.54) is 6.08 Å². The van der Waals surface area contributed by atoms with E-state index in [0.717, 1.165) is 0 Å². The third kappa shape index (κ3) is 6.06. The predicted molar refractivity (Wildman–Crippen MR) is 146 cm³/mol. The fourth-order valence-electron chi connectivity index (χ4n) is 7.38. The summed E-state index contributed by atoms with van der Waals surface area (Å²) in [5.74, 6) is -6.54. The monoisotopic (exact) mass is 596 g/mol. The summed E-state index contributed by atoms with van der Waals surface area (Å²) in [5, 5.41) is 32.5. The molecule has 2 fully saturated rings. The Hall–Kier alpha value is -2.43. The molecule has 0 unspecified atom stereocenters. The Kier molecular flexibility index (Phi) is 9.26. The van der Waals surface area contributed by atoms with E-state index in [0.29, 0.717) is 19.3 Å². The summed E-state index contributed by atoms with van der Waals surface area (Å²) in [5.41, 5.74) is -3.22. The molecule has 0 radical (unpaired) electrons. The zero-order valence-electron chi connectivity index (χ0n) is 24.0. The van der Waals surface area contributed by atoms with Gasteiger partial charge in [-0.3, -0.25) is 9.59 Å². The molecule has 11 heteroatoms. The number of fused-ring (bicyclic) bond motifs is 2. The van der Waals surface area contributed by atoms with Crippen molar-refractivity contribution in [2.45, 2.75) is 64.6 Å². The van der Waals surface area contributed by atoms with Crippen LogP contribution < -0.4 is 0 Å². The van der Waals surface area contributed by atoms with Gasteiger partial charge in [-0.2, -0.15) is 0 Å². The number of cyclic esters (lactones) is 2. The van der Waals surface area contributed by atoms with E-state index >= 15 is 0 Å². The van der Waals surface area contributed by atoms with Gasteiger partial charge in [0.25, 0.3) is 0 Å². The number of aliphatic carboxylic acids is 1. The maximum atomic E-state index is 13.4. The van der Waals surface area contributed by atoms with Gasteiger partial charge in [0.15, 0.2) is 0 Å². The summed E-state index contributed by atoms with van der Waals surface area (Å²) < 4.78 is 16.3. The normalized spacial score (nSPS) is 37.5. The fraction of sp³-hybridized carbons (Fsp3) is 0.733. The van der Waals surface area contributed by atoms with Crippen molar-refractivity contribution in [1.82, 2.24) is 0 Å². The van der Waals surface area contributed by atoms with Gasteiger partial charge in [-0.15, -0.1) is 11.6 Å².